The zero-order valence-corrected chi connectivity index (χ0v) is 23.0. The molecule has 0 bridgehead atoms. The van der Waals surface area contributed by atoms with Crippen LogP contribution >= 0.6 is 22.9 Å². The number of allylic oxidation sites excluding steroid dienone is 1. The van der Waals surface area contributed by atoms with Gasteiger partial charge in [-0.2, -0.15) is 0 Å². The highest BCUT2D eigenvalue weighted by Crippen LogP contribution is 2.38. The number of rotatable bonds is 8. The third-order valence-corrected chi connectivity index (χ3v) is 7.23. The number of carbonyl (C=O) groups excluding carboxylic acids is 2. The molecule has 1 aliphatic heterocycles. The zero-order chi connectivity index (χ0) is 27.4. The number of benzene rings is 2. The number of methoxy groups -OCH3 is 2. The Kier molecular flexibility index (Phi) is 8.48. The number of esters is 2. The lowest BCUT2D eigenvalue weighted by Gasteiger charge is -2.27. The van der Waals surface area contributed by atoms with Gasteiger partial charge in [0.25, 0.3) is 5.56 Å². The van der Waals surface area contributed by atoms with Crippen molar-refractivity contribution in [2.24, 2.45) is 4.99 Å². The van der Waals surface area contributed by atoms with Crippen LogP contribution in [-0.4, -0.2) is 37.3 Å². The minimum atomic E-state index is -0.843. The second-order valence-electron chi connectivity index (χ2n) is 8.41. The molecule has 10 heteroatoms. The minimum absolute atomic E-state index is 0.174. The largest absolute Gasteiger partial charge is 0.496 e. The Labute approximate surface area is 228 Å². The summed E-state index contributed by atoms with van der Waals surface area (Å²) in [4.78, 5) is 44.1. The molecule has 38 heavy (non-hydrogen) atoms. The van der Waals surface area contributed by atoms with Crippen LogP contribution in [0.4, 0.5) is 0 Å². The molecule has 8 nitrogen and oxygen atoms in total. The topological polar surface area (TPSA) is 96.2 Å². The summed E-state index contributed by atoms with van der Waals surface area (Å²) in [6.45, 7) is 3.90. The van der Waals surface area contributed by atoms with Crippen molar-refractivity contribution in [2.45, 2.75) is 32.7 Å². The number of aromatic nitrogens is 1. The number of thiazole rings is 1. The van der Waals surface area contributed by atoms with Crippen LogP contribution in [0.15, 0.2) is 63.5 Å². The summed E-state index contributed by atoms with van der Waals surface area (Å²) >= 11 is 7.59. The molecule has 4 rings (SSSR count). The van der Waals surface area contributed by atoms with Gasteiger partial charge in [0.15, 0.2) is 4.80 Å². The van der Waals surface area contributed by atoms with Crippen molar-refractivity contribution < 1.29 is 23.8 Å². The molecule has 1 atom stereocenters. The van der Waals surface area contributed by atoms with Crippen LogP contribution < -0.4 is 19.6 Å². The zero-order valence-electron chi connectivity index (χ0n) is 21.4. The Morgan fingerprint density at radius 3 is 2.47 bits per heavy atom. The van der Waals surface area contributed by atoms with Crippen molar-refractivity contribution in [1.29, 1.82) is 0 Å². The molecule has 0 radical (unpaired) electrons. The summed E-state index contributed by atoms with van der Waals surface area (Å²) in [5.41, 5.74) is 2.21. The minimum Gasteiger partial charge on any atom is -0.496 e. The van der Waals surface area contributed by atoms with Crippen molar-refractivity contribution in [2.75, 3.05) is 20.8 Å². The third-order valence-electron chi connectivity index (χ3n) is 6.01. The quantitative estimate of drug-likeness (QED) is 0.390. The molecule has 2 heterocycles. The third kappa shape index (κ3) is 5.30. The van der Waals surface area contributed by atoms with E-state index in [1.54, 1.807) is 55.5 Å². The highest BCUT2D eigenvalue weighted by atomic mass is 35.5. The molecule has 0 saturated heterocycles. The van der Waals surface area contributed by atoms with Crippen molar-refractivity contribution in [3.8, 4) is 5.75 Å². The predicted octanol–water partition coefficient (Wildman–Crippen LogP) is 4.03. The maximum Gasteiger partial charge on any atom is 0.338 e. The van der Waals surface area contributed by atoms with Gasteiger partial charge < -0.3 is 14.2 Å². The molecular weight excluding hydrogens is 528 g/mol. The van der Waals surface area contributed by atoms with E-state index >= 15 is 0 Å². The molecule has 0 fully saturated rings. The number of nitrogens with zero attached hydrogens (tertiary/aromatic N) is 2. The molecule has 0 unspecified atom stereocenters. The van der Waals surface area contributed by atoms with Crippen LogP contribution in [0.3, 0.4) is 0 Å². The van der Waals surface area contributed by atoms with E-state index < -0.39 is 18.0 Å². The van der Waals surface area contributed by atoms with E-state index in [4.69, 9.17) is 30.8 Å². The van der Waals surface area contributed by atoms with Crippen LogP contribution in [0.25, 0.3) is 6.08 Å². The van der Waals surface area contributed by atoms with Gasteiger partial charge in [0, 0.05) is 10.6 Å². The van der Waals surface area contributed by atoms with Gasteiger partial charge in [-0.3, -0.25) is 9.36 Å². The average molecular weight is 555 g/mol. The van der Waals surface area contributed by atoms with Gasteiger partial charge in [-0.25, -0.2) is 14.6 Å². The second kappa shape index (κ2) is 11.8. The number of ether oxygens (including phenoxy) is 3. The molecule has 0 amide bonds. The molecule has 2 aromatic carbocycles. The van der Waals surface area contributed by atoms with E-state index in [-0.39, 0.29) is 17.7 Å². The number of halogens is 1. The van der Waals surface area contributed by atoms with Gasteiger partial charge in [-0.1, -0.05) is 48.4 Å². The second-order valence-corrected chi connectivity index (χ2v) is 9.86. The number of carbonyl (C=O) groups is 2. The summed E-state index contributed by atoms with van der Waals surface area (Å²) in [5, 5.41) is 0.436. The molecule has 198 valence electrons. The first-order chi connectivity index (χ1) is 18.3. The van der Waals surface area contributed by atoms with Crippen molar-refractivity contribution in [3.63, 3.8) is 0 Å². The van der Waals surface area contributed by atoms with E-state index in [0.717, 1.165) is 12.0 Å². The molecule has 0 saturated carbocycles. The van der Waals surface area contributed by atoms with Crippen molar-refractivity contribution in [3.05, 3.63) is 95.1 Å². The molecular formula is C28H27ClN2O6S. The monoisotopic (exact) mass is 554 g/mol. The predicted molar refractivity (Wildman–Crippen MR) is 145 cm³/mol. The Hall–Kier alpha value is -3.69. The lowest BCUT2D eigenvalue weighted by molar-refractivity contribution is -0.139. The SMILES string of the molecule is CCCC1=C(C(=O)OCC)[C@@H](c2cc(Cl)ccc2OC)n2c(s/c(=C/c3ccc(C(=O)OC)cc3)c2=O)=N1. The van der Waals surface area contributed by atoms with Gasteiger partial charge in [0.1, 0.15) is 11.8 Å². The summed E-state index contributed by atoms with van der Waals surface area (Å²) < 4.78 is 17.7. The standard InChI is InChI=1S/C28H27ClN2O6S/c1-5-7-20-23(27(34)37-6-2)24(19-15-18(29)12-13-21(19)35-3)31-25(32)22(38-28(31)30-20)14-16-8-10-17(11-9-16)26(33)36-4/h8-15,24H,5-7H2,1-4H3/b22-14+/t24-/m1/s1. The lowest BCUT2D eigenvalue weighted by Crippen LogP contribution is -2.40. The summed E-state index contributed by atoms with van der Waals surface area (Å²) in [6.07, 6.45) is 2.99. The smallest absolute Gasteiger partial charge is 0.338 e. The highest BCUT2D eigenvalue weighted by Gasteiger charge is 2.36. The Morgan fingerprint density at radius 2 is 1.84 bits per heavy atom. The first-order valence-electron chi connectivity index (χ1n) is 12.1. The molecule has 3 aromatic rings. The first kappa shape index (κ1) is 27.3. The lowest BCUT2D eigenvalue weighted by atomic mass is 9.93. The van der Waals surface area contributed by atoms with Gasteiger partial charge >= 0.3 is 11.9 Å². The van der Waals surface area contributed by atoms with Gasteiger partial charge in [-0.05, 0) is 55.3 Å². The highest BCUT2D eigenvalue weighted by molar-refractivity contribution is 7.07. The molecule has 0 aliphatic carbocycles. The van der Waals surface area contributed by atoms with Gasteiger partial charge in [0.2, 0.25) is 0 Å². The van der Waals surface area contributed by atoms with Crippen LogP contribution in [0.2, 0.25) is 5.02 Å². The summed E-state index contributed by atoms with van der Waals surface area (Å²) in [7, 11) is 2.84. The average Bonchev–Trinajstić information content (AvgIpc) is 3.22. The molecule has 0 N–H and O–H groups in total. The van der Waals surface area contributed by atoms with Gasteiger partial charge in [0.05, 0.1) is 42.2 Å². The normalized spacial score (nSPS) is 15.1. The van der Waals surface area contributed by atoms with E-state index in [1.165, 1.54) is 30.1 Å². The van der Waals surface area contributed by atoms with Crippen molar-refractivity contribution in [1.82, 2.24) is 4.57 Å². The van der Waals surface area contributed by atoms with Crippen molar-refractivity contribution >= 4 is 41.0 Å². The maximum absolute atomic E-state index is 13.9. The maximum atomic E-state index is 13.9. The van der Waals surface area contributed by atoms with E-state index in [1.807, 2.05) is 6.92 Å². The fourth-order valence-corrected chi connectivity index (χ4v) is 5.52. The van der Waals surface area contributed by atoms with E-state index in [0.29, 0.717) is 43.4 Å². The molecule has 1 aromatic heterocycles. The van der Waals surface area contributed by atoms with E-state index in [2.05, 4.69) is 0 Å². The van der Waals surface area contributed by atoms with Gasteiger partial charge in [-0.15, -0.1) is 0 Å². The molecule has 1 aliphatic rings. The summed E-state index contributed by atoms with van der Waals surface area (Å²) in [5.74, 6) is -0.507. The Bertz CT molecular complexity index is 1590. The fourth-order valence-electron chi connectivity index (χ4n) is 4.32. The van der Waals surface area contributed by atoms with Crippen LogP contribution in [0.1, 0.15) is 54.2 Å². The molecule has 0 spiro atoms. The van der Waals surface area contributed by atoms with E-state index in [9.17, 15) is 14.4 Å². The summed E-state index contributed by atoms with van der Waals surface area (Å²) in [6, 6.07) is 11.0. The van der Waals surface area contributed by atoms with Crippen LogP contribution in [-0.2, 0) is 14.3 Å². The Morgan fingerprint density at radius 1 is 1.11 bits per heavy atom. The fraction of sp³-hybridized carbons (Fsp3) is 0.286. The first-order valence-corrected chi connectivity index (χ1v) is 13.3. The van der Waals surface area contributed by atoms with Crippen LogP contribution in [0, 0.1) is 0 Å². The number of hydrogen-bond acceptors (Lipinski definition) is 8. The number of fused-ring (bicyclic) bond motifs is 1. The van der Waals surface area contributed by atoms with Crippen LogP contribution in [0.5, 0.6) is 5.75 Å². The Balaban J connectivity index is 1.98. The number of hydrogen-bond donors (Lipinski definition) is 0.